The SMILES string of the molecule is CCN1CCCCC1C(=O)N1CCN(c2ccc(C)cc2)C(=O)C1. The largest absolute Gasteiger partial charge is 0.330 e. The maximum atomic E-state index is 12.9. The summed E-state index contributed by atoms with van der Waals surface area (Å²) < 4.78 is 0. The molecule has 2 saturated heterocycles. The monoisotopic (exact) mass is 329 g/mol. The number of aryl methyl sites for hydroxylation is 1. The van der Waals surface area contributed by atoms with Crippen LogP contribution in [0.2, 0.25) is 0 Å². The van der Waals surface area contributed by atoms with Gasteiger partial charge in [0, 0.05) is 18.8 Å². The molecule has 2 fully saturated rings. The van der Waals surface area contributed by atoms with E-state index in [1.807, 2.05) is 31.2 Å². The molecular weight excluding hydrogens is 302 g/mol. The molecule has 130 valence electrons. The first-order valence-corrected chi connectivity index (χ1v) is 9.00. The minimum absolute atomic E-state index is 0.0114. The van der Waals surface area contributed by atoms with E-state index in [1.54, 1.807) is 9.80 Å². The number of nitrogens with zero attached hydrogens (tertiary/aromatic N) is 3. The van der Waals surface area contributed by atoms with Crippen LogP contribution in [0.4, 0.5) is 5.69 Å². The van der Waals surface area contributed by atoms with Crippen molar-refractivity contribution in [3.8, 4) is 0 Å². The first-order valence-electron chi connectivity index (χ1n) is 9.00. The fraction of sp³-hybridized carbons (Fsp3) is 0.579. The second-order valence-electron chi connectivity index (χ2n) is 6.78. The summed E-state index contributed by atoms with van der Waals surface area (Å²) in [5, 5.41) is 0. The van der Waals surface area contributed by atoms with Gasteiger partial charge in [0.1, 0.15) is 6.54 Å². The lowest BCUT2D eigenvalue weighted by molar-refractivity contribution is -0.142. The molecule has 0 radical (unpaired) electrons. The molecule has 1 aromatic rings. The first-order chi connectivity index (χ1) is 11.6. The molecule has 1 aromatic carbocycles. The molecule has 3 rings (SSSR count). The van der Waals surface area contributed by atoms with Crippen LogP contribution >= 0.6 is 0 Å². The van der Waals surface area contributed by atoms with E-state index in [0.29, 0.717) is 13.1 Å². The Kier molecular flexibility index (Phi) is 5.19. The molecule has 24 heavy (non-hydrogen) atoms. The van der Waals surface area contributed by atoms with E-state index in [0.717, 1.165) is 38.0 Å². The van der Waals surface area contributed by atoms with Gasteiger partial charge >= 0.3 is 0 Å². The summed E-state index contributed by atoms with van der Waals surface area (Å²) in [6.07, 6.45) is 3.18. The molecule has 5 nitrogen and oxygen atoms in total. The van der Waals surface area contributed by atoms with E-state index in [9.17, 15) is 9.59 Å². The van der Waals surface area contributed by atoms with Gasteiger partial charge in [0.05, 0.1) is 6.04 Å². The molecule has 0 aromatic heterocycles. The lowest BCUT2D eigenvalue weighted by Gasteiger charge is -2.40. The Labute approximate surface area is 144 Å². The molecule has 2 amide bonds. The van der Waals surface area contributed by atoms with E-state index in [1.165, 1.54) is 5.56 Å². The number of likely N-dealkylation sites (tertiary alicyclic amines) is 1. The lowest BCUT2D eigenvalue weighted by atomic mass is 10.0. The highest BCUT2D eigenvalue weighted by Crippen LogP contribution is 2.22. The lowest BCUT2D eigenvalue weighted by Crippen LogP contribution is -2.58. The standard InChI is InChI=1S/C19H27N3O2/c1-3-20-11-5-4-6-17(20)19(24)21-12-13-22(18(23)14-21)16-9-7-15(2)8-10-16/h7-10,17H,3-6,11-14H2,1-2H3. The summed E-state index contributed by atoms with van der Waals surface area (Å²) in [5.41, 5.74) is 2.10. The Morgan fingerprint density at radius 3 is 2.54 bits per heavy atom. The van der Waals surface area contributed by atoms with E-state index in [4.69, 9.17) is 0 Å². The molecule has 0 bridgehead atoms. The second-order valence-corrected chi connectivity index (χ2v) is 6.78. The highest BCUT2D eigenvalue weighted by atomic mass is 16.2. The number of benzene rings is 1. The van der Waals surface area contributed by atoms with Gasteiger partial charge in [-0.3, -0.25) is 14.5 Å². The fourth-order valence-electron chi connectivity index (χ4n) is 3.72. The van der Waals surface area contributed by atoms with Crippen molar-refractivity contribution in [2.24, 2.45) is 0 Å². The maximum absolute atomic E-state index is 12.9. The van der Waals surface area contributed by atoms with Crippen molar-refractivity contribution in [3.05, 3.63) is 29.8 Å². The van der Waals surface area contributed by atoms with E-state index < -0.39 is 0 Å². The predicted octanol–water partition coefficient (Wildman–Crippen LogP) is 2.04. The minimum atomic E-state index is -0.0394. The van der Waals surface area contributed by atoms with E-state index in [-0.39, 0.29) is 24.4 Å². The zero-order valence-corrected chi connectivity index (χ0v) is 14.7. The third-order valence-corrected chi connectivity index (χ3v) is 5.18. The average molecular weight is 329 g/mol. The summed E-state index contributed by atoms with van der Waals surface area (Å²) in [7, 11) is 0. The Morgan fingerprint density at radius 1 is 1.12 bits per heavy atom. The molecule has 0 aliphatic carbocycles. The zero-order valence-electron chi connectivity index (χ0n) is 14.7. The van der Waals surface area contributed by atoms with Gasteiger partial charge < -0.3 is 9.80 Å². The van der Waals surface area contributed by atoms with E-state index in [2.05, 4.69) is 11.8 Å². The van der Waals surface area contributed by atoms with Gasteiger partial charge in [0.25, 0.3) is 0 Å². The molecule has 0 spiro atoms. The van der Waals surface area contributed by atoms with Crippen LogP contribution < -0.4 is 4.90 Å². The Balaban J connectivity index is 1.65. The number of likely N-dealkylation sites (N-methyl/N-ethyl adjacent to an activating group) is 1. The smallest absolute Gasteiger partial charge is 0.246 e. The van der Waals surface area contributed by atoms with Crippen LogP contribution in [0.5, 0.6) is 0 Å². The number of amides is 2. The number of piperazine rings is 1. The molecule has 0 saturated carbocycles. The van der Waals surface area contributed by atoms with Gasteiger partial charge in [-0.1, -0.05) is 31.0 Å². The summed E-state index contributed by atoms with van der Waals surface area (Å²) in [5.74, 6) is 0.144. The molecule has 2 aliphatic rings. The quantitative estimate of drug-likeness (QED) is 0.852. The Bertz CT molecular complexity index is 599. The highest BCUT2D eigenvalue weighted by molar-refractivity contribution is 5.98. The molecule has 0 N–H and O–H groups in total. The number of hydrogen-bond acceptors (Lipinski definition) is 3. The Hall–Kier alpha value is -1.88. The van der Waals surface area contributed by atoms with Crippen molar-refractivity contribution in [2.75, 3.05) is 37.6 Å². The summed E-state index contributed by atoms with van der Waals surface area (Å²) in [6, 6.07) is 7.94. The normalized spacial score (nSPS) is 22.8. The fourth-order valence-corrected chi connectivity index (χ4v) is 3.72. The van der Waals surface area contributed by atoms with Crippen LogP contribution in [0.1, 0.15) is 31.7 Å². The number of hydrogen-bond donors (Lipinski definition) is 0. The predicted molar refractivity (Wildman–Crippen MR) is 95.0 cm³/mol. The van der Waals surface area contributed by atoms with Gasteiger partial charge in [-0.05, 0) is 45.0 Å². The number of rotatable bonds is 3. The van der Waals surface area contributed by atoms with Crippen molar-refractivity contribution in [3.63, 3.8) is 0 Å². The van der Waals surface area contributed by atoms with Gasteiger partial charge in [-0.2, -0.15) is 0 Å². The van der Waals surface area contributed by atoms with Crippen LogP contribution in [-0.4, -0.2) is 60.4 Å². The number of anilines is 1. The Morgan fingerprint density at radius 2 is 1.88 bits per heavy atom. The molecule has 1 atom stereocenters. The highest BCUT2D eigenvalue weighted by Gasteiger charge is 2.35. The number of piperidine rings is 1. The summed E-state index contributed by atoms with van der Waals surface area (Å²) in [4.78, 5) is 31.2. The second kappa shape index (κ2) is 7.34. The topological polar surface area (TPSA) is 43.9 Å². The van der Waals surface area contributed by atoms with Crippen molar-refractivity contribution in [2.45, 2.75) is 39.2 Å². The van der Waals surface area contributed by atoms with Crippen LogP contribution in [-0.2, 0) is 9.59 Å². The van der Waals surface area contributed by atoms with Gasteiger partial charge in [-0.25, -0.2) is 0 Å². The minimum Gasteiger partial charge on any atom is -0.330 e. The summed E-state index contributed by atoms with van der Waals surface area (Å²) in [6.45, 7) is 7.41. The zero-order chi connectivity index (χ0) is 17.1. The maximum Gasteiger partial charge on any atom is 0.246 e. The van der Waals surface area contributed by atoms with Crippen LogP contribution in [0.15, 0.2) is 24.3 Å². The van der Waals surface area contributed by atoms with Gasteiger partial charge in [-0.15, -0.1) is 0 Å². The van der Waals surface area contributed by atoms with Crippen molar-refractivity contribution in [1.29, 1.82) is 0 Å². The van der Waals surface area contributed by atoms with E-state index >= 15 is 0 Å². The van der Waals surface area contributed by atoms with Crippen LogP contribution in [0, 0.1) is 6.92 Å². The van der Waals surface area contributed by atoms with Gasteiger partial charge in [0.15, 0.2) is 0 Å². The molecule has 5 heteroatoms. The van der Waals surface area contributed by atoms with Crippen molar-refractivity contribution >= 4 is 17.5 Å². The average Bonchev–Trinajstić information content (AvgIpc) is 2.62. The first kappa shape index (κ1) is 17.0. The third kappa shape index (κ3) is 3.46. The van der Waals surface area contributed by atoms with Crippen molar-refractivity contribution < 1.29 is 9.59 Å². The van der Waals surface area contributed by atoms with Crippen LogP contribution in [0.3, 0.4) is 0 Å². The summed E-state index contributed by atoms with van der Waals surface area (Å²) >= 11 is 0. The van der Waals surface area contributed by atoms with Crippen LogP contribution in [0.25, 0.3) is 0 Å². The molecule has 1 unspecified atom stereocenters. The molecule has 2 heterocycles. The molecular formula is C19H27N3O2. The van der Waals surface area contributed by atoms with Gasteiger partial charge in [0.2, 0.25) is 11.8 Å². The number of carbonyl (C=O) groups is 2. The third-order valence-electron chi connectivity index (χ3n) is 5.18. The number of carbonyl (C=O) groups excluding carboxylic acids is 2. The van der Waals surface area contributed by atoms with Crippen molar-refractivity contribution in [1.82, 2.24) is 9.80 Å². The molecule has 2 aliphatic heterocycles.